The van der Waals surface area contributed by atoms with E-state index in [4.69, 9.17) is 10.4 Å². The lowest BCUT2D eigenvalue weighted by atomic mass is 10.0. The number of hydrogen-bond acceptors (Lipinski definition) is 3. The van der Waals surface area contributed by atoms with Crippen LogP contribution in [0.15, 0.2) is 17.0 Å². The lowest BCUT2D eigenvalue weighted by Crippen LogP contribution is -2.03. The molecule has 14 heavy (non-hydrogen) atoms. The highest BCUT2D eigenvalue weighted by Gasteiger charge is 2.15. The SMILES string of the molecule is N#Cc1c(C(=O)O)ccc(S)c1CBr. The van der Waals surface area contributed by atoms with Crippen LogP contribution in [0.1, 0.15) is 21.5 Å². The number of carbonyl (C=O) groups is 1. The Bertz CT molecular complexity index is 426. The fourth-order valence-electron chi connectivity index (χ4n) is 1.08. The minimum atomic E-state index is -1.10. The lowest BCUT2D eigenvalue weighted by Gasteiger charge is -2.06. The van der Waals surface area contributed by atoms with Crippen molar-refractivity contribution in [2.45, 2.75) is 10.2 Å². The van der Waals surface area contributed by atoms with Gasteiger partial charge in [0.15, 0.2) is 0 Å². The first-order chi connectivity index (χ1) is 6.61. The molecular weight excluding hydrogens is 266 g/mol. The molecule has 0 aliphatic heterocycles. The van der Waals surface area contributed by atoms with Crippen LogP contribution in [0.5, 0.6) is 0 Å². The van der Waals surface area contributed by atoms with Crippen LogP contribution in [0, 0.1) is 11.3 Å². The summed E-state index contributed by atoms with van der Waals surface area (Å²) in [5, 5.41) is 18.1. The van der Waals surface area contributed by atoms with Gasteiger partial charge in [0, 0.05) is 10.2 Å². The number of alkyl halides is 1. The van der Waals surface area contributed by atoms with Gasteiger partial charge in [-0.3, -0.25) is 0 Å². The van der Waals surface area contributed by atoms with Gasteiger partial charge in [0.1, 0.15) is 6.07 Å². The Hall–Kier alpha value is -0.990. The molecule has 0 spiro atoms. The summed E-state index contributed by atoms with van der Waals surface area (Å²) in [7, 11) is 0. The Morgan fingerprint density at radius 2 is 2.29 bits per heavy atom. The van der Waals surface area contributed by atoms with Crippen LogP contribution in [0.2, 0.25) is 0 Å². The van der Waals surface area contributed by atoms with Crippen LogP contribution >= 0.6 is 28.6 Å². The Morgan fingerprint density at radius 3 is 2.71 bits per heavy atom. The lowest BCUT2D eigenvalue weighted by molar-refractivity contribution is 0.0696. The summed E-state index contributed by atoms with van der Waals surface area (Å²) in [6.45, 7) is 0. The average Bonchev–Trinajstić information content (AvgIpc) is 2.16. The van der Waals surface area contributed by atoms with Gasteiger partial charge in [-0.15, -0.1) is 12.6 Å². The van der Waals surface area contributed by atoms with E-state index in [1.54, 1.807) is 6.07 Å². The van der Waals surface area contributed by atoms with E-state index in [0.717, 1.165) is 0 Å². The molecule has 5 heteroatoms. The fraction of sp³-hybridized carbons (Fsp3) is 0.111. The van der Waals surface area contributed by atoms with E-state index in [2.05, 4.69) is 28.6 Å². The van der Waals surface area contributed by atoms with Crippen molar-refractivity contribution < 1.29 is 9.90 Å². The van der Waals surface area contributed by atoms with Crippen molar-refractivity contribution >= 4 is 34.5 Å². The topological polar surface area (TPSA) is 61.1 Å². The number of nitrogens with zero attached hydrogens (tertiary/aromatic N) is 1. The number of benzene rings is 1. The minimum absolute atomic E-state index is 0.0137. The van der Waals surface area contributed by atoms with E-state index in [-0.39, 0.29) is 11.1 Å². The molecule has 0 saturated carbocycles. The number of carboxylic acid groups (broad SMARTS) is 1. The predicted molar refractivity (Wildman–Crippen MR) is 58.0 cm³/mol. The average molecular weight is 272 g/mol. The van der Waals surface area contributed by atoms with Crippen LogP contribution < -0.4 is 0 Å². The van der Waals surface area contributed by atoms with Gasteiger partial charge in [-0.1, -0.05) is 15.9 Å². The zero-order chi connectivity index (χ0) is 10.7. The molecule has 0 fully saturated rings. The van der Waals surface area contributed by atoms with Crippen molar-refractivity contribution in [3.8, 4) is 6.07 Å². The fourth-order valence-corrected chi connectivity index (χ4v) is 2.14. The van der Waals surface area contributed by atoms with Crippen LogP contribution in [-0.2, 0) is 5.33 Å². The van der Waals surface area contributed by atoms with Gasteiger partial charge < -0.3 is 5.11 Å². The summed E-state index contributed by atoms with van der Waals surface area (Å²) in [6.07, 6.45) is 0. The van der Waals surface area contributed by atoms with Crippen LogP contribution in [-0.4, -0.2) is 11.1 Å². The first-order valence-corrected chi connectivity index (χ1v) is 5.23. The summed E-state index contributed by atoms with van der Waals surface area (Å²) in [5.41, 5.74) is 0.789. The monoisotopic (exact) mass is 271 g/mol. The Balaban J connectivity index is 3.50. The highest BCUT2D eigenvalue weighted by atomic mass is 79.9. The number of hydrogen-bond donors (Lipinski definition) is 2. The molecule has 1 rings (SSSR count). The quantitative estimate of drug-likeness (QED) is 0.642. The number of thiol groups is 1. The molecule has 0 amide bonds. The first-order valence-electron chi connectivity index (χ1n) is 3.66. The number of nitriles is 1. The Morgan fingerprint density at radius 1 is 1.64 bits per heavy atom. The summed E-state index contributed by atoms with van der Waals surface area (Å²) >= 11 is 7.33. The molecule has 0 aliphatic carbocycles. The number of carboxylic acids is 1. The smallest absolute Gasteiger partial charge is 0.337 e. The zero-order valence-electron chi connectivity index (χ0n) is 6.99. The summed E-state index contributed by atoms with van der Waals surface area (Å²) < 4.78 is 0. The van der Waals surface area contributed by atoms with Crippen molar-refractivity contribution in [1.29, 1.82) is 5.26 Å². The van der Waals surface area contributed by atoms with E-state index in [0.29, 0.717) is 15.8 Å². The minimum Gasteiger partial charge on any atom is -0.478 e. The number of rotatable bonds is 2. The van der Waals surface area contributed by atoms with Gasteiger partial charge in [-0.2, -0.15) is 5.26 Å². The molecule has 0 aromatic heterocycles. The highest BCUT2D eigenvalue weighted by Crippen LogP contribution is 2.24. The van der Waals surface area contributed by atoms with Crippen LogP contribution in [0.4, 0.5) is 0 Å². The molecule has 0 unspecified atom stereocenters. The maximum Gasteiger partial charge on any atom is 0.337 e. The molecule has 0 saturated heterocycles. The van der Waals surface area contributed by atoms with E-state index in [1.807, 2.05) is 6.07 Å². The van der Waals surface area contributed by atoms with Crippen molar-refractivity contribution in [3.05, 3.63) is 28.8 Å². The van der Waals surface area contributed by atoms with E-state index < -0.39 is 5.97 Å². The second kappa shape index (κ2) is 4.49. The molecule has 0 atom stereocenters. The molecule has 72 valence electrons. The zero-order valence-corrected chi connectivity index (χ0v) is 9.47. The van der Waals surface area contributed by atoms with E-state index in [1.165, 1.54) is 6.07 Å². The third-order valence-corrected chi connectivity index (χ3v) is 2.74. The normalized spacial score (nSPS) is 9.50. The molecule has 0 heterocycles. The van der Waals surface area contributed by atoms with Crippen molar-refractivity contribution in [3.63, 3.8) is 0 Å². The predicted octanol–water partition coefficient (Wildman–Crippen LogP) is 2.44. The van der Waals surface area contributed by atoms with Gasteiger partial charge in [0.05, 0.1) is 11.1 Å². The van der Waals surface area contributed by atoms with Gasteiger partial charge in [-0.25, -0.2) is 4.79 Å². The van der Waals surface area contributed by atoms with Crippen LogP contribution in [0.25, 0.3) is 0 Å². The third kappa shape index (κ3) is 1.91. The van der Waals surface area contributed by atoms with Crippen molar-refractivity contribution in [2.24, 2.45) is 0 Å². The molecule has 0 radical (unpaired) electrons. The van der Waals surface area contributed by atoms with Crippen molar-refractivity contribution in [1.82, 2.24) is 0 Å². The summed E-state index contributed by atoms with van der Waals surface area (Å²) in [5.74, 6) is -1.10. The van der Waals surface area contributed by atoms with Gasteiger partial charge >= 0.3 is 5.97 Å². The summed E-state index contributed by atoms with van der Waals surface area (Å²) in [6, 6.07) is 4.84. The second-order valence-electron chi connectivity index (χ2n) is 2.54. The van der Waals surface area contributed by atoms with Gasteiger partial charge in [0.2, 0.25) is 0 Å². The molecule has 1 N–H and O–H groups in total. The van der Waals surface area contributed by atoms with Gasteiger partial charge in [0.25, 0.3) is 0 Å². The summed E-state index contributed by atoms with van der Waals surface area (Å²) in [4.78, 5) is 11.4. The maximum atomic E-state index is 10.8. The molecule has 3 nitrogen and oxygen atoms in total. The molecule has 1 aromatic rings. The van der Waals surface area contributed by atoms with Crippen LogP contribution in [0.3, 0.4) is 0 Å². The molecule has 0 bridgehead atoms. The highest BCUT2D eigenvalue weighted by molar-refractivity contribution is 9.08. The largest absolute Gasteiger partial charge is 0.478 e. The first kappa shape index (κ1) is 11.1. The van der Waals surface area contributed by atoms with Gasteiger partial charge in [-0.05, 0) is 17.7 Å². The number of halogens is 1. The standard InChI is InChI=1S/C9H6BrNO2S/c10-3-6-7(4-11)5(9(12)13)1-2-8(6)14/h1-2,14H,3H2,(H,12,13). The molecule has 0 aliphatic rings. The Kier molecular flexibility index (Phi) is 3.55. The Labute approximate surface area is 94.9 Å². The number of aromatic carboxylic acids is 1. The van der Waals surface area contributed by atoms with E-state index in [9.17, 15) is 4.79 Å². The molecule has 1 aromatic carbocycles. The van der Waals surface area contributed by atoms with E-state index >= 15 is 0 Å². The van der Waals surface area contributed by atoms with Crippen molar-refractivity contribution in [2.75, 3.05) is 0 Å². The maximum absolute atomic E-state index is 10.8. The second-order valence-corrected chi connectivity index (χ2v) is 3.58. The third-order valence-electron chi connectivity index (χ3n) is 1.76. The molecular formula is C9H6BrNO2S.